The number of hydrogen-bond acceptors (Lipinski definition) is 6. The molecular weight excluding hydrogens is 448 g/mol. The van der Waals surface area contributed by atoms with Crippen molar-refractivity contribution in [3.8, 4) is 22.2 Å². The van der Waals surface area contributed by atoms with Crippen molar-refractivity contribution in [1.82, 2.24) is 9.97 Å². The van der Waals surface area contributed by atoms with Gasteiger partial charge in [0.2, 0.25) is 5.88 Å². The first kappa shape index (κ1) is 20.2. The van der Waals surface area contributed by atoms with Gasteiger partial charge in [-0.05, 0) is 42.5 Å². The molecular formula is C23H15ClN4O3S. The summed E-state index contributed by atoms with van der Waals surface area (Å²) in [6, 6.07) is 20.3. The third kappa shape index (κ3) is 3.93. The molecule has 32 heavy (non-hydrogen) atoms. The normalized spacial score (nSPS) is 11.5. The number of hydrogen-bond donors (Lipinski definition) is 2. The van der Waals surface area contributed by atoms with Gasteiger partial charge >= 0.3 is 5.91 Å². The maximum absolute atomic E-state index is 12.3. The molecule has 3 aromatic carbocycles. The summed E-state index contributed by atoms with van der Waals surface area (Å²) < 4.78 is 6.80. The lowest BCUT2D eigenvalue weighted by Crippen LogP contribution is -2.08. The van der Waals surface area contributed by atoms with Gasteiger partial charge in [-0.3, -0.25) is 4.79 Å². The average Bonchev–Trinajstić information content (AvgIpc) is 3.36. The molecule has 0 spiro atoms. The molecule has 0 radical (unpaired) electrons. The number of para-hydroxylation sites is 2. The molecule has 0 aliphatic heterocycles. The van der Waals surface area contributed by atoms with E-state index in [4.69, 9.17) is 16.3 Å². The fraction of sp³-hybridized carbons (Fsp3) is 0.0435. The maximum Gasteiger partial charge on any atom is 0.302 e. The highest BCUT2D eigenvalue weighted by Crippen LogP contribution is 2.37. The van der Waals surface area contributed by atoms with Crippen molar-refractivity contribution in [2.75, 3.05) is 6.61 Å². The van der Waals surface area contributed by atoms with E-state index in [0.29, 0.717) is 21.7 Å². The molecule has 2 heterocycles. The molecule has 0 bridgehead atoms. The van der Waals surface area contributed by atoms with Crippen LogP contribution >= 0.6 is 22.9 Å². The van der Waals surface area contributed by atoms with Gasteiger partial charge in [0.1, 0.15) is 10.8 Å². The van der Waals surface area contributed by atoms with Crippen LogP contribution in [-0.2, 0) is 4.79 Å². The molecule has 0 aliphatic rings. The Bertz CT molecular complexity index is 1460. The number of amides is 1. The molecule has 0 saturated heterocycles. The number of nitrogens with zero attached hydrogens (tertiary/aromatic N) is 3. The van der Waals surface area contributed by atoms with Crippen molar-refractivity contribution in [3.63, 3.8) is 0 Å². The van der Waals surface area contributed by atoms with Gasteiger partial charge in [-0.1, -0.05) is 35.9 Å². The number of benzene rings is 3. The summed E-state index contributed by atoms with van der Waals surface area (Å²) in [6.07, 6.45) is 0. The second-order valence-corrected chi connectivity index (χ2v) is 8.34. The highest BCUT2D eigenvalue weighted by atomic mass is 35.5. The van der Waals surface area contributed by atoms with Crippen LogP contribution in [0.15, 0.2) is 77.0 Å². The summed E-state index contributed by atoms with van der Waals surface area (Å²) in [5.41, 5.74) is 2.48. The standard InChI is InChI=1S/C23H15ClN4O3S/c24-13-9-10-16-15(11-13)21(22(30)25-16)28-27-20(29)12-31-18-7-3-1-5-14(18)23-26-17-6-2-4-8-19(17)32-23/h1-11,25,30H,12H2. The van der Waals surface area contributed by atoms with E-state index in [1.165, 1.54) is 0 Å². The lowest BCUT2D eigenvalue weighted by molar-refractivity contribution is -0.120. The zero-order valence-corrected chi connectivity index (χ0v) is 18.0. The number of nitrogens with one attached hydrogen (secondary N) is 1. The van der Waals surface area contributed by atoms with Crippen LogP contribution in [0.5, 0.6) is 11.6 Å². The number of halogens is 1. The molecule has 0 atom stereocenters. The minimum absolute atomic E-state index is 0.144. The molecule has 158 valence electrons. The van der Waals surface area contributed by atoms with Crippen molar-refractivity contribution in [2.24, 2.45) is 10.2 Å². The molecule has 2 aromatic heterocycles. The molecule has 2 N–H and O–H groups in total. The molecule has 5 aromatic rings. The van der Waals surface area contributed by atoms with Gasteiger partial charge < -0.3 is 14.8 Å². The molecule has 5 rings (SSSR count). The van der Waals surface area contributed by atoms with Crippen molar-refractivity contribution in [2.45, 2.75) is 0 Å². The van der Waals surface area contributed by atoms with Gasteiger partial charge in [0.15, 0.2) is 12.3 Å². The molecule has 7 nitrogen and oxygen atoms in total. The summed E-state index contributed by atoms with van der Waals surface area (Å²) in [5, 5.41) is 19.5. The van der Waals surface area contributed by atoms with Crippen molar-refractivity contribution < 1.29 is 14.6 Å². The quantitative estimate of drug-likeness (QED) is 0.291. The molecule has 1 amide bonds. The number of H-pyrrole nitrogens is 1. The number of aromatic hydroxyl groups is 1. The Labute approximate surface area is 191 Å². The van der Waals surface area contributed by atoms with Gasteiger partial charge in [0.25, 0.3) is 0 Å². The van der Waals surface area contributed by atoms with E-state index < -0.39 is 5.91 Å². The van der Waals surface area contributed by atoms with Gasteiger partial charge in [-0.2, -0.15) is 0 Å². The Hall–Kier alpha value is -3.75. The minimum atomic E-state index is -0.597. The lowest BCUT2D eigenvalue weighted by Gasteiger charge is -2.07. The number of azo groups is 1. The number of rotatable bonds is 5. The van der Waals surface area contributed by atoms with Crippen LogP contribution in [0.2, 0.25) is 5.02 Å². The van der Waals surface area contributed by atoms with Crippen molar-refractivity contribution in [3.05, 3.63) is 71.8 Å². The molecule has 0 fully saturated rings. The number of carbonyl (C=O) groups is 1. The summed E-state index contributed by atoms with van der Waals surface area (Å²) in [5.74, 6) is -0.266. The van der Waals surface area contributed by atoms with Crippen molar-refractivity contribution in [1.29, 1.82) is 0 Å². The Morgan fingerprint density at radius 2 is 1.94 bits per heavy atom. The summed E-state index contributed by atoms with van der Waals surface area (Å²) in [7, 11) is 0. The number of aromatic amines is 1. The van der Waals surface area contributed by atoms with Crippen LogP contribution in [0.1, 0.15) is 0 Å². The first-order chi connectivity index (χ1) is 15.6. The first-order valence-corrected chi connectivity index (χ1v) is 10.8. The number of fused-ring (bicyclic) bond motifs is 2. The van der Waals surface area contributed by atoms with Crippen LogP contribution in [0.4, 0.5) is 5.69 Å². The number of aromatic nitrogens is 2. The number of carbonyl (C=O) groups excluding carboxylic acids is 1. The third-order valence-electron chi connectivity index (χ3n) is 4.74. The monoisotopic (exact) mass is 462 g/mol. The average molecular weight is 463 g/mol. The largest absolute Gasteiger partial charge is 0.493 e. The predicted octanol–water partition coefficient (Wildman–Crippen LogP) is 6.49. The van der Waals surface area contributed by atoms with Gasteiger partial charge in [0, 0.05) is 10.4 Å². The number of thiazole rings is 1. The van der Waals surface area contributed by atoms with Crippen LogP contribution in [0.25, 0.3) is 31.7 Å². The molecule has 9 heteroatoms. The molecule has 0 saturated carbocycles. The topological polar surface area (TPSA) is 99.9 Å². The highest BCUT2D eigenvalue weighted by molar-refractivity contribution is 7.21. The summed E-state index contributed by atoms with van der Waals surface area (Å²) >= 11 is 7.56. The Kier molecular flexibility index (Phi) is 5.30. The van der Waals surface area contributed by atoms with E-state index in [-0.39, 0.29) is 18.2 Å². The Balaban J connectivity index is 1.34. The molecule has 0 unspecified atom stereocenters. The fourth-order valence-corrected chi connectivity index (χ4v) is 4.44. The maximum atomic E-state index is 12.3. The second-order valence-electron chi connectivity index (χ2n) is 6.88. The first-order valence-electron chi connectivity index (χ1n) is 9.61. The van der Waals surface area contributed by atoms with Crippen LogP contribution in [0, 0.1) is 0 Å². The highest BCUT2D eigenvalue weighted by Gasteiger charge is 2.14. The SMILES string of the molecule is O=C(COc1ccccc1-c1nc2ccccc2s1)N=Nc1c(O)[nH]c2ccc(Cl)cc12. The van der Waals surface area contributed by atoms with Crippen LogP contribution < -0.4 is 4.74 Å². The Morgan fingerprint density at radius 3 is 2.81 bits per heavy atom. The van der Waals surface area contributed by atoms with Crippen molar-refractivity contribution >= 4 is 55.7 Å². The predicted molar refractivity (Wildman–Crippen MR) is 125 cm³/mol. The van der Waals surface area contributed by atoms with E-state index in [9.17, 15) is 9.90 Å². The van der Waals surface area contributed by atoms with Crippen LogP contribution in [0.3, 0.4) is 0 Å². The van der Waals surface area contributed by atoms with E-state index in [0.717, 1.165) is 20.8 Å². The van der Waals surface area contributed by atoms with Crippen LogP contribution in [-0.4, -0.2) is 27.6 Å². The fourth-order valence-electron chi connectivity index (χ4n) is 3.27. The Morgan fingerprint density at radius 1 is 1.12 bits per heavy atom. The van der Waals surface area contributed by atoms with Gasteiger partial charge in [0.05, 0.1) is 21.3 Å². The van der Waals surface area contributed by atoms with E-state index in [2.05, 4.69) is 20.2 Å². The zero-order chi connectivity index (χ0) is 22.1. The lowest BCUT2D eigenvalue weighted by atomic mass is 10.2. The summed E-state index contributed by atoms with van der Waals surface area (Å²) in [6.45, 7) is -0.310. The number of ether oxygens (including phenoxy) is 1. The van der Waals surface area contributed by atoms with Gasteiger partial charge in [-0.25, -0.2) is 4.98 Å². The minimum Gasteiger partial charge on any atom is -0.493 e. The van der Waals surface area contributed by atoms with Gasteiger partial charge in [-0.15, -0.1) is 21.6 Å². The zero-order valence-electron chi connectivity index (χ0n) is 16.4. The second kappa shape index (κ2) is 8.41. The third-order valence-corrected chi connectivity index (χ3v) is 6.04. The van der Waals surface area contributed by atoms with E-state index in [1.54, 1.807) is 35.6 Å². The van der Waals surface area contributed by atoms with E-state index >= 15 is 0 Å². The smallest absolute Gasteiger partial charge is 0.302 e. The summed E-state index contributed by atoms with van der Waals surface area (Å²) in [4.78, 5) is 19.7. The van der Waals surface area contributed by atoms with E-state index in [1.807, 2.05) is 42.5 Å². The molecule has 0 aliphatic carbocycles.